The molecular weight excluding hydrogens is 555 g/mol. The van der Waals surface area contributed by atoms with Crippen LogP contribution in [0.5, 0.6) is 0 Å². The van der Waals surface area contributed by atoms with E-state index in [1.54, 1.807) is 15.8 Å². The Labute approximate surface area is 245 Å². The first-order valence-corrected chi connectivity index (χ1v) is 15.9. The molecule has 0 bridgehead atoms. The Morgan fingerprint density at radius 2 is 1.76 bits per heavy atom. The van der Waals surface area contributed by atoms with E-state index in [0.717, 1.165) is 28.9 Å². The summed E-state index contributed by atoms with van der Waals surface area (Å²) in [7, 11) is -3.29. The van der Waals surface area contributed by atoms with Gasteiger partial charge >= 0.3 is 0 Å². The van der Waals surface area contributed by atoms with E-state index in [9.17, 15) is 17.6 Å². The van der Waals surface area contributed by atoms with Gasteiger partial charge in [0.25, 0.3) is 5.91 Å². The van der Waals surface area contributed by atoms with E-state index in [1.807, 2.05) is 60.8 Å². The van der Waals surface area contributed by atoms with Gasteiger partial charge in [0.2, 0.25) is 10.0 Å². The second-order valence-corrected chi connectivity index (χ2v) is 12.9. The molecule has 1 aliphatic carbocycles. The number of carbonyl (C=O) groups excluding carboxylic acids is 1. The highest BCUT2D eigenvalue weighted by atomic mass is 32.2. The molecule has 1 saturated carbocycles. The predicted molar refractivity (Wildman–Crippen MR) is 158 cm³/mol. The third-order valence-corrected chi connectivity index (χ3v) is 9.23. The molecule has 0 unspecified atom stereocenters. The van der Waals surface area contributed by atoms with Crippen LogP contribution in [0.1, 0.15) is 34.0 Å². The third kappa shape index (κ3) is 6.43. The average Bonchev–Trinajstić information content (AvgIpc) is 3.54. The van der Waals surface area contributed by atoms with Crippen LogP contribution in [0.15, 0.2) is 79.1 Å². The highest BCUT2D eigenvalue weighted by Crippen LogP contribution is 2.40. The van der Waals surface area contributed by atoms with Gasteiger partial charge in [-0.3, -0.25) is 9.78 Å². The number of amides is 1. The lowest BCUT2D eigenvalue weighted by Gasteiger charge is -2.33. The van der Waals surface area contributed by atoms with Crippen molar-refractivity contribution < 1.29 is 17.6 Å². The Morgan fingerprint density at radius 3 is 2.43 bits per heavy atom. The molecule has 0 radical (unpaired) electrons. The van der Waals surface area contributed by atoms with Gasteiger partial charge in [-0.05, 0) is 54.4 Å². The summed E-state index contributed by atoms with van der Waals surface area (Å²) in [5.74, 6) is 0.0159. The fourth-order valence-corrected chi connectivity index (χ4v) is 6.31. The van der Waals surface area contributed by atoms with Crippen molar-refractivity contribution in [3.8, 4) is 16.9 Å². The normalized spacial score (nSPS) is 19.1. The molecule has 2 atom stereocenters. The van der Waals surface area contributed by atoms with E-state index in [1.165, 1.54) is 22.7 Å². The molecule has 2 aliphatic rings. The van der Waals surface area contributed by atoms with E-state index in [0.29, 0.717) is 49.3 Å². The van der Waals surface area contributed by atoms with Crippen molar-refractivity contribution in [3.63, 3.8) is 0 Å². The molecule has 6 rings (SSSR count). The number of rotatable bonds is 9. The average molecular weight is 589 g/mol. The van der Waals surface area contributed by atoms with Gasteiger partial charge < -0.3 is 10.2 Å². The number of pyridine rings is 1. The zero-order chi connectivity index (χ0) is 29.3. The molecule has 2 aromatic heterocycles. The standard InChI is InChI=1S/C31H33FN6O3S/c1-42(40,41)37-17-15-36(16-18-37)31(39)24-19-26(11-13-33-30-21-28(30)22-3-7-25(32)8-4-22)35-29(20-24)23-5-9-27(10-6-23)38-14-2-12-34-38/h2-10,12,14,19-20,28,30,33H,11,13,15-18,21H2,1H3/t28-,30+/m0/s1. The lowest BCUT2D eigenvalue weighted by Crippen LogP contribution is -2.50. The fraction of sp³-hybridized carbons (Fsp3) is 0.323. The van der Waals surface area contributed by atoms with Gasteiger partial charge in [0.05, 0.1) is 17.6 Å². The molecule has 0 spiro atoms. The van der Waals surface area contributed by atoms with Crippen molar-refractivity contribution in [2.45, 2.75) is 24.8 Å². The van der Waals surface area contributed by atoms with Crippen LogP contribution >= 0.6 is 0 Å². The van der Waals surface area contributed by atoms with Crippen molar-refractivity contribution in [1.82, 2.24) is 29.3 Å². The lowest BCUT2D eigenvalue weighted by molar-refractivity contribution is 0.0698. The summed E-state index contributed by atoms with van der Waals surface area (Å²) >= 11 is 0. The Hall–Kier alpha value is -3.93. The summed E-state index contributed by atoms with van der Waals surface area (Å²) in [6.07, 6.45) is 6.44. The summed E-state index contributed by atoms with van der Waals surface area (Å²) in [4.78, 5) is 20.2. The number of piperazine rings is 1. The zero-order valence-corrected chi connectivity index (χ0v) is 24.2. The molecule has 2 fully saturated rings. The molecule has 1 aliphatic heterocycles. The molecule has 1 saturated heterocycles. The van der Waals surface area contributed by atoms with Crippen LogP contribution in [0, 0.1) is 5.82 Å². The number of carbonyl (C=O) groups is 1. The smallest absolute Gasteiger partial charge is 0.254 e. The first-order chi connectivity index (χ1) is 20.2. The lowest BCUT2D eigenvalue weighted by atomic mass is 10.1. The van der Waals surface area contributed by atoms with Crippen LogP contribution in [0.4, 0.5) is 4.39 Å². The molecule has 218 valence electrons. The largest absolute Gasteiger partial charge is 0.336 e. The van der Waals surface area contributed by atoms with Gasteiger partial charge in [-0.1, -0.05) is 24.3 Å². The number of halogens is 1. The van der Waals surface area contributed by atoms with Gasteiger partial charge in [0, 0.05) is 80.3 Å². The minimum absolute atomic E-state index is 0.132. The minimum atomic E-state index is -3.29. The van der Waals surface area contributed by atoms with Gasteiger partial charge in [-0.15, -0.1) is 0 Å². The van der Waals surface area contributed by atoms with Crippen molar-refractivity contribution in [2.75, 3.05) is 39.0 Å². The van der Waals surface area contributed by atoms with Gasteiger partial charge in [-0.2, -0.15) is 9.40 Å². The van der Waals surface area contributed by atoms with Gasteiger partial charge in [0.1, 0.15) is 5.82 Å². The van der Waals surface area contributed by atoms with E-state index < -0.39 is 10.0 Å². The number of nitrogens with one attached hydrogen (secondary N) is 1. The topological polar surface area (TPSA) is 100 Å². The van der Waals surface area contributed by atoms with Crippen LogP contribution in [-0.4, -0.2) is 83.3 Å². The second-order valence-electron chi connectivity index (χ2n) is 10.9. The number of aromatic nitrogens is 3. The van der Waals surface area contributed by atoms with Crippen LogP contribution in [0.3, 0.4) is 0 Å². The minimum Gasteiger partial charge on any atom is -0.336 e. The molecule has 3 heterocycles. The summed E-state index contributed by atoms with van der Waals surface area (Å²) in [6, 6.07) is 20.4. The molecule has 9 nitrogen and oxygen atoms in total. The maximum Gasteiger partial charge on any atom is 0.254 e. The third-order valence-electron chi connectivity index (χ3n) is 7.93. The highest BCUT2D eigenvalue weighted by Gasteiger charge is 2.37. The Bertz CT molecular complexity index is 1650. The van der Waals surface area contributed by atoms with E-state index in [4.69, 9.17) is 4.98 Å². The number of hydrogen-bond donors (Lipinski definition) is 1. The van der Waals surface area contributed by atoms with E-state index in [2.05, 4.69) is 10.4 Å². The predicted octanol–water partition coefficient (Wildman–Crippen LogP) is 3.48. The molecule has 42 heavy (non-hydrogen) atoms. The van der Waals surface area contributed by atoms with Gasteiger partial charge in [0.15, 0.2) is 0 Å². The SMILES string of the molecule is CS(=O)(=O)N1CCN(C(=O)c2cc(CCN[C@@H]3C[C@H]3c3ccc(F)cc3)nc(-c3ccc(-n4cccn4)cc3)c2)CC1. The Balaban J connectivity index is 1.18. The van der Waals surface area contributed by atoms with Gasteiger partial charge in [-0.25, -0.2) is 17.5 Å². The Kier molecular flexibility index (Phi) is 7.89. The number of sulfonamides is 1. The maximum absolute atomic E-state index is 13.6. The number of benzene rings is 2. The molecular formula is C31H33FN6O3S. The summed E-state index contributed by atoms with van der Waals surface area (Å²) in [6.45, 7) is 1.93. The second kappa shape index (κ2) is 11.7. The maximum atomic E-state index is 13.6. The van der Waals surface area contributed by atoms with Crippen LogP contribution in [0.2, 0.25) is 0 Å². The molecule has 1 N–H and O–H groups in total. The van der Waals surface area contributed by atoms with Crippen molar-refractivity contribution in [3.05, 3.63) is 102 Å². The van der Waals surface area contributed by atoms with Crippen LogP contribution in [-0.2, 0) is 16.4 Å². The van der Waals surface area contributed by atoms with Crippen molar-refractivity contribution >= 4 is 15.9 Å². The van der Waals surface area contributed by atoms with E-state index >= 15 is 0 Å². The summed E-state index contributed by atoms with van der Waals surface area (Å²) in [5, 5.41) is 7.86. The fourth-order valence-electron chi connectivity index (χ4n) is 5.48. The van der Waals surface area contributed by atoms with Crippen LogP contribution < -0.4 is 5.32 Å². The van der Waals surface area contributed by atoms with Crippen molar-refractivity contribution in [1.29, 1.82) is 0 Å². The first kappa shape index (κ1) is 28.2. The molecule has 11 heteroatoms. The van der Waals surface area contributed by atoms with Crippen molar-refractivity contribution in [2.24, 2.45) is 0 Å². The van der Waals surface area contributed by atoms with Crippen LogP contribution in [0.25, 0.3) is 16.9 Å². The Morgan fingerprint density at radius 1 is 1.02 bits per heavy atom. The van der Waals surface area contributed by atoms with E-state index in [-0.39, 0.29) is 24.8 Å². The monoisotopic (exact) mass is 588 g/mol. The first-order valence-electron chi connectivity index (χ1n) is 14.1. The molecule has 4 aromatic rings. The number of hydrogen-bond acceptors (Lipinski definition) is 6. The molecule has 1 amide bonds. The highest BCUT2D eigenvalue weighted by molar-refractivity contribution is 7.88. The number of nitrogens with zero attached hydrogens (tertiary/aromatic N) is 5. The zero-order valence-electron chi connectivity index (χ0n) is 23.4. The quantitative estimate of drug-likeness (QED) is 0.322. The molecule has 2 aromatic carbocycles. The summed E-state index contributed by atoms with van der Waals surface area (Å²) in [5.41, 5.74) is 4.98. The summed E-state index contributed by atoms with van der Waals surface area (Å²) < 4.78 is 40.3.